The van der Waals surface area contributed by atoms with Gasteiger partial charge in [0.05, 0.1) is 18.7 Å². The van der Waals surface area contributed by atoms with Gasteiger partial charge in [-0.05, 0) is 43.2 Å². The van der Waals surface area contributed by atoms with Crippen LogP contribution in [0.15, 0.2) is 18.2 Å². The van der Waals surface area contributed by atoms with Crippen molar-refractivity contribution >= 4 is 22.7 Å². The first-order chi connectivity index (χ1) is 10.1. The van der Waals surface area contributed by atoms with Crippen molar-refractivity contribution in [3.8, 4) is 0 Å². The number of nitrogens with zero attached hydrogens (tertiary/aromatic N) is 2. The molecule has 1 aliphatic heterocycles. The molecule has 5 nitrogen and oxygen atoms in total. The number of carboxylic acids is 1. The zero-order valence-corrected chi connectivity index (χ0v) is 12.2. The van der Waals surface area contributed by atoms with Gasteiger partial charge >= 0.3 is 5.97 Å². The number of hydrogen-bond donors (Lipinski definition) is 1. The topological polar surface area (TPSA) is 62.7 Å². The molecule has 0 atom stereocenters. The number of fused-ring (bicyclic) bond motifs is 1. The molecule has 2 aromatic rings. The molecule has 1 N–H and O–H groups in total. The zero-order chi connectivity index (χ0) is 15.0. The van der Waals surface area contributed by atoms with E-state index in [4.69, 9.17) is 4.74 Å². The summed E-state index contributed by atoms with van der Waals surface area (Å²) in [6.45, 7) is 6.60. The lowest BCUT2D eigenvalue weighted by Crippen LogP contribution is -2.37. The molecule has 3 rings (SSSR count). The normalized spacial score (nSPS) is 15.4. The number of benzene rings is 1. The van der Waals surface area contributed by atoms with E-state index in [9.17, 15) is 9.90 Å². The molecule has 21 heavy (non-hydrogen) atoms. The van der Waals surface area contributed by atoms with E-state index in [0.29, 0.717) is 32.1 Å². The minimum Gasteiger partial charge on any atom is -0.478 e. The van der Waals surface area contributed by atoms with E-state index in [1.54, 1.807) is 6.07 Å². The van der Waals surface area contributed by atoms with Crippen molar-refractivity contribution in [2.24, 2.45) is 0 Å². The first-order valence-corrected chi connectivity index (χ1v) is 7.04. The molecular formula is C16H18N2O3. The molecule has 1 saturated heterocycles. The largest absolute Gasteiger partial charge is 0.478 e. The highest BCUT2D eigenvalue weighted by atomic mass is 16.5. The minimum absolute atomic E-state index is 0.257. The molecule has 0 unspecified atom stereocenters. The molecule has 0 radical (unpaired) electrons. The molecule has 110 valence electrons. The van der Waals surface area contributed by atoms with E-state index in [-0.39, 0.29) is 5.56 Å². The van der Waals surface area contributed by atoms with E-state index < -0.39 is 5.97 Å². The van der Waals surface area contributed by atoms with Crippen LogP contribution < -0.4 is 4.90 Å². The van der Waals surface area contributed by atoms with Crippen molar-refractivity contribution in [3.63, 3.8) is 0 Å². The standard InChI is InChI=1S/C16H18N2O3/c1-10-7-12-9-13(16(19)20)15(17-14(12)8-11(10)2)18-3-5-21-6-4-18/h7-9H,3-6H2,1-2H3,(H,19,20). The molecule has 0 amide bonds. The van der Waals surface area contributed by atoms with Crippen molar-refractivity contribution in [1.82, 2.24) is 4.98 Å². The second-order valence-electron chi connectivity index (χ2n) is 5.39. The molecule has 5 heteroatoms. The number of aryl methyl sites for hydroxylation is 2. The number of carboxylic acid groups (broad SMARTS) is 1. The van der Waals surface area contributed by atoms with Gasteiger partial charge in [-0.3, -0.25) is 0 Å². The predicted octanol–water partition coefficient (Wildman–Crippen LogP) is 2.39. The van der Waals surface area contributed by atoms with E-state index in [1.165, 1.54) is 0 Å². The van der Waals surface area contributed by atoms with Gasteiger partial charge < -0.3 is 14.7 Å². The summed E-state index contributed by atoms with van der Waals surface area (Å²) in [5.41, 5.74) is 3.39. The van der Waals surface area contributed by atoms with E-state index >= 15 is 0 Å². The van der Waals surface area contributed by atoms with Gasteiger partial charge in [-0.1, -0.05) is 0 Å². The van der Waals surface area contributed by atoms with Crippen LogP contribution in [-0.2, 0) is 4.74 Å². The number of aromatic carboxylic acids is 1. The number of ether oxygens (including phenoxy) is 1. The Morgan fingerprint density at radius 2 is 1.86 bits per heavy atom. The van der Waals surface area contributed by atoms with Crippen LogP contribution in [0.3, 0.4) is 0 Å². The van der Waals surface area contributed by atoms with Crippen LogP contribution in [0.4, 0.5) is 5.82 Å². The van der Waals surface area contributed by atoms with Crippen LogP contribution in [0.25, 0.3) is 10.9 Å². The van der Waals surface area contributed by atoms with Gasteiger partial charge in [0.2, 0.25) is 0 Å². The molecule has 2 heterocycles. The Morgan fingerprint density at radius 3 is 2.52 bits per heavy atom. The summed E-state index contributed by atoms with van der Waals surface area (Å²) >= 11 is 0. The van der Waals surface area contributed by atoms with E-state index in [2.05, 4.69) is 4.98 Å². The van der Waals surface area contributed by atoms with Crippen LogP contribution in [0.5, 0.6) is 0 Å². The number of aromatic nitrogens is 1. The van der Waals surface area contributed by atoms with Crippen molar-refractivity contribution in [2.45, 2.75) is 13.8 Å². The first kappa shape index (κ1) is 13.8. The van der Waals surface area contributed by atoms with Crippen LogP contribution in [0.1, 0.15) is 21.5 Å². The summed E-state index contributed by atoms with van der Waals surface area (Å²) < 4.78 is 5.33. The minimum atomic E-state index is -0.941. The Bertz CT molecular complexity index is 706. The number of anilines is 1. The smallest absolute Gasteiger partial charge is 0.339 e. The average Bonchev–Trinajstić information content (AvgIpc) is 2.48. The van der Waals surface area contributed by atoms with Gasteiger partial charge in [0.25, 0.3) is 0 Å². The highest BCUT2D eigenvalue weighted by Gasteiger charge is 2.21. The Hall–Kier alpha value is -2.14. The lowest BCUT2D eigenvalue weighted by Gasteiger charge is -2.29. The second kappa shape index (κ2) is 5.33. The Kier molecular flexibility index (Phi) is 3.51. The highest BCUT2D eigenvalue weighted by molar-refractivity contribution is 5.98. The maximum Gasteiger partial charge on any atom is 0.339 e. The van der Waals surface area contributed by atoms with Crippen molar-refractivity contribution in [1.29, 1.82) is 0 Å². The third kappa shape index (κ3) is 2.56. The monoisotopic (exact) mass is 286 g/mol. The van der Waals surface area contributed by atoms with Gasteiger partial charge in [0.1, 0.15) is 11.4 Å². The molecule has 1 aromatic carbocycles. The van der Waals surface area contributed by atoms with Crippen LogP contribution in [0, 0.1) is 13.8 Å². The molecule has 0 saturated carbocycles. The molecular weight excluding hydrogens is 268 g/mol. The van der Waals surface area contributed by atoms with Gasteiger partial charge in [-0.25, -0.2) is 9.78 Å². The summed E-state index contributed by atoms with van der Waals surface area (Å²) in [5, 5.41) is 10.3. The molecule has 1 aromatic heterocycles. The summed E-state index contributed by atoms with van der Waals surface area (Å²) in [4.78, 5) is 18.2. The fourth-order valence-electron chi connectivity index (χ4n) is 2.60. The lowest BCUT2D eigenvalue weighted by molar-refractivity contribution is 0.0696. The SMILES string of the molecule is Cc1cc2cc(C(=O)O)c(N3CCOCC3)nc2cc1C. The van der Waals surface area contributed by atoms with Gasteiger partial charge in [0, 0.05) is 18.5 Å². The number of carbonyl (C=O) groups is 1. The van der Waals surface area contributed by atoms with E-state index in [0.717, 1.165) is 22.0 Å². The summed E-state index contributed by atoms with van der Waals surface area (Å²) in [7, 11) is 0. The maximum absolute atomic E-state index is 11.6. The number of rotatable bonds is 2. The summed E-state index contributed by atoms with van der Waals surface area (Å²) in [6.07, 6.45) is 0. The van der Waals surface area contributed by atoms with Crippen LogP contribution in [-0.4, -0.2) is 42.4 Å². The third-order valence-corrected chi connectivity index (χ3v) is 3.95. The quantitative estimate of drug-likeness (QED) is 0.918. The van der Waals surface area contributed by atoms with Crippen molar-refractivity contribution in [3.05, 3.63) is 34.9 Å². The predicted molar refractivity (Wildman–Crippen MR) is 81.2 cm³/mol. The fraction of sp³-hybridized carbons (Fsp3) is 0.375. The van der Waals surface area contributed by atoms with E-state index in [1.807, 2.05) is 30.9 Å². The van der Waals surface area contributed by atoms with Crippen molar-refractivity contribution in [2.75, 3.05) is 31.2 Å². The first-order valence-electron chi connectivity index (χ1n) is 7.04. The van der Waals surface area contributed by atoms with Gasteiger partial charge in [-0.2, -0.15) is 0 Å². The van der Waals surface area contributed by atoms with Gasteiger partial charge in [0.15, 0.2) is 0 Å². The highest BCUT2D eigenvalue weighted by Crippen LogP contribution is 2.26. The zero-order valence-electron chi connectivity index (χ0n) is 12.2. The van der Waals surface area contributed by atoms with Crippen LogP contribution in [0.2, 0.25) is 0 Å². The lowest BCUT2D eigenvalue weighted by atomic mass is 10.0. The Labute approximate surface area is 123 Å². The summed E-state index contributed by atoms with van der Waals surface area (Å²) in [6, 6.07) is 5.73. The molecule has 1 aliphatic rings. The molecule has 0 spiro atoms. The number of pyridine rings is 1. The maximum atomic E-state index is 11.6. The Balaban J connectivity index is 2.18. The van der Waals surface area contributed by atoms with Crippen molar-refractivity contribution < 1.29 is 14.6 Å². The molecule has 1 fully saturated rings. The molecule has 0 aliphatic carbocycles. The molecule has 0 bridgehead atoms. The number of hydrogen-bond acceptors (Lipinski definition) is 4. The average molecular weight is 286 g/mol. The second-order valence-corrected chi connectivity index (χ2v) is 5.39. The third-order valence-electron chi connectivity index (χ3n) is 3.95. The Morgan fingerprint density at radius 1 is 1.19 bits per heavy atom. The summed E-state index contributed by atoms with van der Waals surface area (Å²) in [5.74, 6) is -0.398. The number of morpholine rings is 1. The fourth-order valence-corrected chi connectivity index (χ4v) is 2.60. The van der Waals surface area contributed by atoms with Gasteiger partial charge in [-0.15, -0.1) is 0 Å². The van der Waals surface area contributed by atoms with Crippen LogP contribution >= 0.6 is 0 Å².